The van der Waals surface area contributed by atoms with Crippen LogP contribution in [-0.2, 0) is 6.54 Å². The molecule has 23 heavy (non-hydrogen) atoms. The molecular weight excluding hydrogens is 312 g/mol. The van der Waals surface area contributed by atoms with Gasteiger partial charge in [-0.05, 0) is 18.2 Å². The Labute approximate surface area is 139 Å². The van der Waals surface area contributed by atoms with Gasteiger partial charge in [0.15, 0.2) is 11.5 Å². The maximum Gasteiger partial charge on any atom is 0.162 e. The minimum absolute atomic E-state index is 0.712. The summed E-state index contributed by atoms with van der Waals surface area (Å²) in [7, 11) is 5.30. The fourth-order valence-electron chi connectivity index (χ4n) is 2.29. The minimum Gasteiger partial charge on any atom is -0.493 e. The second-order valence-electron chi connectivity index (χ2n) is 5.05. The Morgan fingerprint density at radius 3 is 2.70 bits per heavy atom. The van der Waals surface area contributed by atoms with Crippen LogP contribution in [0.15, 0.2) is 46.6 Å². The molecule has 0 atom stereocenters. The number of methoxy groups -OCH3 is 2. The molecule has 5 nitrogen and oxygen atoms in total. The molecule has 0 unspecified atom stereocenters. The first-order chi connectivity index (χ1) is 11.2. The molecule has 1 aromatic carbocycles. The van der Waals surface area contributed by atoms with Gasteiger partial charge in [0.2, 0.25) is 0 Å². The van der Waals surface area contributed by atoms with Crippen molar-refractivity contribution in [1.82, 2.24) is 4.98 Å². The average Bonchev–Trinajstić information content (AvgIpc) is 3.25. The van der Waals surface area contributed by atoms with Gasteiger partial charge in [0.25, 0.3) is 0 Å². The van der Waals surface area contributed by atoms with Gasteiger partial charge >= 0.3 is 0 Å². The molecule has 0 N–H and O–H groups in total. The zero-order valence-corrected chi connectivity index (χ0v) is 14.1. The van der Waals surface area contributed by atoms with Crippen molar-refractivity contribution in [3.63, 3.8) is 0 Å². The van der Waals surface area contributed by atoms with Crippen molar-refractivity contribution in [2.45, 2.75) is 6.54 Å². The lowest BCUT2D eigenvalue weighted by Crippen LogP contribution is -2.16. The summed E-state index contributed by atoms with van der Waals surface area (Å²) in [5.41, 5.74) is 3.07. The Bertz CT molecular complexity index is 768. The Hall–Kier alpha value is -2.47. The van der Waals surface area contributed by atoms with Gasteiger partial charge in [-0.3, -0.25) is 0 Å². The van der Waals surface area contributed by atoms with Crippen LogP contribution in [0.25, 0.3) is 10.6 Å². The molecule has 2 aromatic heterocycles. The Balaban J connectivity index is 1.75. The molecule has 0 aliphatic heterocycles. The summed E-state index contributed by atoms with van der Waals surface area (Å²) in [4.78, 5) is 6.78. The van der Waals surface area contributed by atoms with Crippen LogP contribution in [0.2, 0.25) is 0 Å². The molecule has 3 aromatic rings. The quantitative estimate of drug-likeness (QED) is 0.682. The highest BCUT2D eigenvalue weighted by Gasteiger charge is 2.11. The van der Waals surface area contributed by atoms with Crippen LogP contribution in [0.3, 0.4) is 0 Å². The number of furan rings is 1. The van der Waals surface area contributed by atoms with Crippen LogP contribution in [0, 0.1) is 0 Å². The van der Waals surface area contributed by atoms with Crippen molar-refractivity contribution in [3.05, 3.63) is 47.9 Å². The van der Waals surface area contributed by atoms with Crippen molar-refractivity contribution in [2.75, 3.05) is 26.2 Å². The van der Waals surface area contributed by atoms with Gasteiger partial charge in [0, 0.05) is 29.7 Å². The fraction of sp³-hybridized carbons (Fsp3) is 0.235. The van der Waals surface area contributed by atoms with Crippen molar-refractivity contribution < 1.29 is 13.9 Å². The number of aromatic nitrogens is 1. The molecule has 6 heteroatoms. The van der Waals surface area contributed by atoms with E-state index in [2.05, 4.69) is 15.3 Å². The molecule has 0 fully saturated rings. The number of rotatable bonds is 6. The zero-order valence-electron chi connectivity index (χ0n) is 13.3. The van der Waals surface area contributed by atoms with Gasteiger partial charge < -0.3 is 18.8 Å². The number of anilines is 1. The molecule has 0 saturated heterocycles. The Morgan fingerprint density at radius 1 is 1.17 bits per heavy atom. The third kappa shape index (κ3) is 3.32. The van der Waals surface area contributed by atoms with Crippen molar-refractivity contribution >= 4 is 17.0 Å². The lowest BCUT2D eigenvalue weighted by Gasteiger charge is -2.19. The van der Waals surface area contributed by atoms with Crippen molar-refractivity contribution in [1.29, 1.82) is 0 Å². The number of ether oxygens (including phenoxy) is 2. The summed E-state index contributed by atoms with van der Waals surface area (Å²) in [5.74, 6) is 1.44. The first-order valence-corrected chi connectivity index (χ1v) is 7.99. The number of nitrogens with zero attached hydrogens (tertiary/aromatic N) is 2. The van der Waals surface area contributed by atoms with Gasteiger partial charge in [-0.25, -0.2) is 4.98 Å². The minimum atomic E-state index is 0.712. The lowest BCUT2D eigenvalue weighted by molar-refractivity contribution is 0.355. The highest BCUT2D eigenvalue weighted by molar-refractivity contribution is 7.13. The van der Waals surface area contributed by atoms with Crippen LogP contribution in [0.1, 0.15) is 5.69 Å². The summed E-state index contributed by atoms with van der Waals surface area (Å²) in [6.45, 7) is 0.712. The molecule has 2 heterocycles. The van der Waals surface area contributed by atoms with Gasteiger partial charge in [-0.15, -0.1) is 11.3 Å². The number of benzene rings is 1. The van der Waals surface area contributed by atoms with E-state index < -0.39 is 0 Å². The van der Waals surface area contributed by atoms with Crippen molar-refractivity contribution in [2.24, 2.45) is 0 Å². The predicted molar refractivity (Wildman–Crippen MR) is 91.5 cm³/mol. The zero-order chi connectivity index (χ0) is 16.2. The van der Waals surface area contributed by atoms with Crippen LogP contribution in [-0.4, -0.2) is 26.3 Å². The van der Waals surface area contributed by atoms with E-state index in [9.17, 15) is 0 Å². The average molecular weight is 330 g/mol. The third-order valence-corrected chi connectivity index (χ3v) is 4.47. The van der Waals surface area contributed by atoms with E-state index in [0.717, 1.165) is 27.7 Å². The molecule has 0 aliphatic carbocycles. The molecular formula is C17H18N2O3S. The van der Waals surface area contributed by atoms with E-state index in [4.69, 9.17) is 13.9 Å². The van der Waals surface area contributed by atoms with E-state index in [1.165, 1.54) is 0 Å². The largest absolute Gasteiger partial charge is 0.493 e. The van der Waals surface area contributed by atoms with Gasteiger partial charge in [-0.2, -0.15) is 0 Å². The van der Waals surface area contributed by atoms with E-state index >= 15 is 0 Å². The Kier molecular flexibility index (Phi) is 4.52. The second-order valence-corrected chi connectivity index (χ2v) is 5.91. The molecule has 0 spiro atoms. The summed E-state index contributed by atoms with van der Waals surface area (Å²) in [6, 6.07) is 7.79. The fourth-order valence-corrected chi connectivity index (χ4v) is 3.09. The van der Waals surface area contributed by atoms with E-state index in [1.807, 2.05) is 31.3 Å². The third-order valence-electron chi connectivity index (χ3n) is 3.53. The smallest absolute Gasteiger partial charge is 0.162 e. The molecule has 0 aliphatic rings. The summed E-state index contributed by atoms with van der Waals surface area (Å²) >= 11 is 1.62. The molecule has 0 amide bonds. The van der Waals surface area contributed by atoms with Gasteiger partial charge in [0.05, 0.1) is 32.7 Å². The van der Waals surface area contributed by atoms with Crippen LogP contribution in [0.5, 0.6) is 11.5 Å². The number of hydrogen-bond donors (Lipinski definition) is 0. The number of thiazole rings is 1. The van der Waals surface area contributed by atoms with Crippen LogP contribution in [0.4, 0.5) is 5.69 Å². The van der Waals surface area contributed by atoms with Crippen molar-refractivity contribution in [3.8, 4) is 22.1 Å². The number of hydrogen-bond acceptors (Lipinski definition) is 6. The SMILES string of the molecule is COc1ccc(N(C)Cc2csc(-c3ccoc3)n2)cc1OC. The molecule has 0 bridgehead atoms. The standard InChI is InChI=1S/C17H18N2O3S/c1-19(14-4-5-15(20-2)16(8-14)21-3)9-13-11-23-17(18-13)12-6-7-22-10-12/h4-8,10-11H,9H2,1-3H3. The highest BCUT2D eigenvalue weighted by atomic mass is 32.1. The van der Waals surface area contributed by atoms with Crippen LogP contribution >= 0.6 is 11.3 Å². The monoisotopic (exact) mass is 330 g/mol. The summed E-state index contributed by atoms with van der Waals surface area (Å²) in [6.07, 6.45) is 3.37. The maximum atomic E-state index is 5.35. The molecule has 120 valence electrons. The van der Waals surface area contributed by atoms with Gasteiger partial charge in [0.1, 0.15) is 11.3 Å². The molecule has 0 radical (unpaired) electrons. The first-order valence-electron chi connectivity index (χ1n) is 7.11. The first kappa shape index (κ1) is 15.4. The van der Waals surface area contributed by atoms with E-state index in [-0.39, 0.29) is 0 Å². The topological polar surface area (TPSA) is 47.7 Å². The highest BCUT2D eigenvalue weighted by Crippen LogP contribution is 2.32. The van der Waals surface area contributed by atoms with E-state index in [0.29, 0.717) is 12.3 Å². The maximum absolute atomic E-state index is 5.35. The normalized spacial score (nSPS) is 10.6. The Morgan fingerprint density at radius 2 is 2.00 bits per heavy atom. The summed E-state index contributed by atoms with van der Waals surface area (Å²) in [5, 5.41) is 3.04. The lowest BCUT2D eigenvalue weighted by atomic mass is 10.2. The molecule has 3 rings (SSSR count). The second kappa shape index (κ2) is 6.75. The summed E-state index contributed by atoms with van der Waals surface area (Å²) < 4.78 is 15.7. The van der Waals surface area contributed by atoms with E-state index in [1.54, 1.807) is 38.1 Å². The van der Waals surface area contributed by atoms with Gasteiger partial charge in [-0.1, -0.05) is 0 Å². The van der Waals surface area contributed by atoms with Crippen LogP contribution < -0.4 is 14.4 Å². The predicted octanol–water partition coefficient (Wildman–Crippen LogP) is 4.06. The molecule has 0 saturated carbocycles.